The minimum atomic E-state index is -3.67. The summed E-state index contributed by atoms with van der Waals surface area (Å²) in [5, 5.41) is 10.5. The molecule has 1 heterocycles. The van der Waals surface area contributed by atoms with Crippen molar-refractivity contribution in [3.8, 4) is 0 Å². The second kappa shape index (κ2) is 6.64. The van der Waals surface area contributed by atoms with E-state index in [1.807, 2.05) is 0 Å². The maximum absolute atomic E-state index is 12.7. The molecule has 1 saturated heterocycles. The van der Waals surface area contributed by atoms with Gasteiger partial charge in [0.2, 0.25) is 10.0 Å². The first-order valence-electron chi connectivity index (χ1n) is 6.46. The molecule has 2 rings (SSSR count). The van der Waals surface area contributed by atoms with Gasteiger partial charge < -0.3 is 9.84 Å². The van der Waals surface area contributed by atoms with E-state index < -0.39 is 15.6 Å². The number of rotatable bonds is 4. The van der Waals surface area contributed by atoms with Crippen LogP contribution < -0.4 is 0 Å². The van der Waals surface area contributed by atoms with Gasteiger partial charge in [0, 0.05) is 48.6 Å². The predicted molar refractivity (Wildman–Crippen MR) is 86.7 cm³/mol. The Labute approximate surface area is 141 Å². The molecule has 0 aromatic heterocycles. The predicted octanol–water partition coefficient (Wildman–Crippen LogP) is 2.37. The van der Waals surface area contributed by atoms with Crippen molar-refractivity contribution >= 4 is 41.9 Å². The number of hydrogen-bond donors (Lipinski definition) is 1. The van der Waals surface area contributed by atoms with Gasteiger partial charge in [0.1, 0.15) is 0 Å². The average Bonchev–Trinajstić information content (AvgIpc) is 2.41. The number of sulfonamides is 1. The Balaban J connectivity index is 2.24. The molecular formula is C13H17Br2NO4S. The zero-order valence-corrected chi connectivity index (χ0v) is 15.5. The Bertz CT molecular complexity index is 615. The van der Waals surface area contributed by atoms with Crippen molar-refractivity contribution < 1.29 is 18.3 Å². The molecule has 1 N–H and O–H groups in total. The Morgan fingerprint density at radius 1 is 1.33 bits per heavy atom. The molecule has 5 nitrogen and oxygen atoms in total. The third-order valence-electron chi connectivity index (χ3n) is 3.52. The summed E-state index contributed by atoms with van der Waals surface area (Å²) in [7, 11) is -2.19. The summed E-state index contributed by atoms with van der Waals surface area (Å²) >= 11 is 6.54. The highest BCUT2D eigenvalue weighted by Crippen LogP contribution is 2.29. The van der Waals surface area contributed by atoms with Crippen LogP contribution in [0.1, 0.15) is 12.8 Å². The molecule has 0 radical (unpaired) electrons. The van der Waals surface area contributed by atoms with E-state index >= 15 is 0 Å². The van der Waals surface area contributed by atoms with Gasteiger partial charge in [-0.25, -0.2) is 8.42 Å². The minimum absolute atomic E-state index is 0.0532. The van der Waals surface area contributed by atoms with Crippen molar-refractivity contribution in [1.29, 1.82) is 0 Å². The Morgan fingerprint density at radius 3 is 2.57 bits per heavy atom. The van der Waals surface area contributed by atoms with Crippen LogP contribution in [-0.4, -0.2) is 50.2 Å². The first kappa shape index (κ1) is 17.4. The normalized spacial score (nSPS) is 18.9. The molecular weight excluding hydrogens is 426 g/mol. The molecule has 1 aliphatic heterocycles. The smallest absolute Gasteiger partial charge is 0.244 e. The van der Waals surface area contributed by atoms with Crippen LogP contribution in [0.25, 0.3) is 0 Å². The van der Waals surface area contributed by atoms with Gasteiger partial charge in [0.05, 0.1) is 10.5 Å². The van der Waals surface area contributed by atoms with Gasteiger partial charge in [-0.2, -0.15) is 4.31 Å². The van der Waals surface area contributed by atoms with Gasteiger partial charge in [0.15, 0.2) is 0 Å². The van der Waals surface area contributed by atoms with Gasteiger partial charge in [-0.05, 0) is 34.1 Å². The quantitative estimate of drug-likeness (QED) is 0.777. The SMILES string of the molecule is CN(CC1(O)CCOCC1)S(=O)(=O)c1cc(Br)ccc1Br. The lowest BCUT2D eigenvalue weighted by atomic mass is 9.95. The van der Waals surface area contributed by atoms with Crippen LogP contribution >= 0.6 is 31.9 Å². The maximum atomic E-state index is 12.7. The van der Waals surface area contributed by atoms with E-state index in [-0.39, 0.29) is 11.4 Å². The summed E-state index contributed by atoms with van der Waals surface area (Å²) in [5.41, 5.74) is -1.03. The highest BCUT2D eigenvalue weighted by molar-refractivity contribution is 9.11. The van der Waals surface area contributed by atoms with E-state index in [0.29, 0.717) is 35.0 Å². The lowest BCUT2D eigenvalue weighted by molar-refractivity contribution is -0.0689. The van der Waals surface area contributed by atoms with Crippen molar-refractivity contribution in [2.45, 2.75) is 23.3 Å². The molecule has 1 aliphatic rings. The monoisotopic (exact) mass is 441 g/mol. The summed E-state index contributed by atoms with van der Waals surface area (Å²) in [6.45, 7) is 0.952. The van der Waals surface area contributed by atoms with Crippen LogP contribution in [0.15, 0.2) is 32.0 Å². The van der Waals surface area contributed by atoms with Crippen LogP contribution in [0.2, 0.25) is 0 Å². The van der Waals surface area contributed by atoms with E-state index in [1.54, 1.807) is 18.2 Å². The van der Waals surface area contributed by atoms with Crippen molar-refractivity contribution in [2.75, 3.05) is 26.8 Å². The first-order valence-corrected chi connectivity index (χ1v) is 9.49. The molecule has 0 amide bonds. The number of hydrogen-bond acceptors (Lipinski definition) is 4. The van der Waals surface area contributed by atoms with E-state index in [2.05, 4.69) is 31.9 Å². The van der Waals surface area contributed by atoms with Crippen LogP contribution in [0, 0.1) is 0 Å². The summed E-state index contributed by atoms with van der Waals surface area (Å²) in [5.74, 6) is 0. The molecule has 8 heteroatoms. The minimum Gasteiger partial charge on any atom is -0.388 e. The molecule has 0 saturated carbocycles. The zero-order valence-electron chi connectivity index (χ0n) is 11.6. The second-order valence-electron chi connectivity index (χ2n) is 5.17. The van der Waals surface area contributed by atoms with Crippen LogP contribution in [0.5, 0.6) is 0 Å². The lowest BCUT2D eigenvalue weighted by Gasteiger charge is -2.35. The van der Waals surface area contributed by atoms with Gasteiger partial charge in [-0.1, -0.05) is 15.9 Å². The topological polar surface area (TPSA) is 66.8 Å². The van der Waals surface area contributed by atoms with Crippen molar-refractivity contribution in [3.05, 3.63) is 27.1 Å². The largest absolute Gasteiger partial charge is 0.388 e. The van der Waals surface area contributed by atoms with Crippen molar-refractivity contribution in [2.24, 2.45) is 0 Å². The van der Waals surface area contributed by atoms with E-state index in [9.17, 15) is 13.5 Å². The molecule has 21 heavy (non-hydrogen) atoms. The molecule has 0 atom stereocenters. The van der Waals surface area contributed by atoms with E-state index in [4.69, 9.17) is 4.74 Å². The fourth-order valence-electron chi connectivity index (χ4n) is 2.25. The highest BCUT2D eigenvalue weighted by atomic mass is 79.9. The molecule has 118 valence electrons. The van der Waals surface area contributed by atoms with Crippen LogP contribution in [-0.2, 0) is 14.8 Å². The fourth-order valence-corrected chi connectivity index (χ4v) is 4.96. The second-order valence-corrected chi connectivity index (χ2v) is 8.96. The molecule has 1 fully saturated rings. The molecule has 0 aliphatic carbocycles. The van der Waals surface area contributed by atoms with Crippen molar-refractivity contribution in [3.63, 3.8) is 0 Å². The Kier molecular flexibility index (Phi) is 5.49. The molecule has 0 bridgehead atoms. The molecule has 0 unspecified atom stereocenters. The zero-order chi connectivity index (χ0) is 15.7. The number of aliphatic hydroxyl groups is 1. The number of ether oxygens (including phenoxy) is 1. The summed E-state index contributed by atoms with van der Waals surface area (Å²) in [4.78, 5) is 0.176. The fraction of sp³-hybridized carbons (Fsp3) is 0.538. The summed E-state index contributed by atoms with van der Waals surface area (Å²) < 4.78 is 32.9. The number of benzene rings is 1. The van der Waals surface area contributed by atoms with Crippen LogP contribution in [0.4, 0.5) is 0 Å². The van der Waals surface area contributed by atoms with Gasteiger partial charge in [-0.3, -0.25) is 0 Å². The van der Waals surface area contributed by atoms with E-state index in [0.717, 1.165) is 0 Å². The van der Waals surface area contributed by atoms with E-state index in [1.165, 1.54) is 11.4 Å². The highest BCUT2D eigenvalue weighted by Gasteiger charge is 2.35. The number of halogens is 2. The summed E-state index contributed by atoms with van der Waals surface area (Å²) in [6.07, 6.45) is 0.874. The Hall–Kier alpha value is 0.01000. The Morgan fingerprint density at radius 2 is 1.95 bits per heavy atom. The number of likely N-dealkylation sites (N-methyl/N-ethyl adjacent to an activating group) is 1. The third-order valence-corrected chi connectivity index (χ3v) is 6.81. The molecule has 1 aromatic rings. The van der Waals surface area contributed by atoms with Gasteiger partial charge in [0.25, 0.3) is 0 Å². The standard InChI is InChI=1S/C13H17Br2NO4S/c1-16(9-13(17)4-6-20-7-5-13)21(18,19)12-8-10(14)2-3-11(12)15/h2-3,8,17H,4-7,9H2,1H3. The summed E-state index contributed by atoms with van der Waals surface area (Å²) in [6, 6.07) is 4.98. The third kappa shape index (κ3) is 4.05. The van der Waals surface area contributed by atoms with Crippen LogP contribution in [0.3, 0.4) is 0 Å². The first-order chi connectivity index (χ1) is 9.74. The maximum Gasteiger partial charge on any atom is 0.244 e. The van der Waals surface area contributed by atoms with Crippen molar-refractivity contribution in [1.82, 2.24) is 4.31 Å². The lowest BCUT2D eigenvalue weighted by Crippen LogP contribution is -2.47. The average molecular weight is 443 g/mol. The molecule has 0 spiro atoms. The van der Waals surface area contributed by atoms with Gasteiger partial charge in [-0.15, -0.1) is 0 Å². The number of nitrogens with zero attached hydrogens (tertiary/aromatic N) is 1. The van der Waals surface area contributed by atoms with Gasteiger partial charge >= 0.3 is 0 Å². The molecule has 1 aromatic carbocycles.